The van der Waals surface area contributed by atoms with Gasteiger partial charge in [-0.25, -0.2) is 8.42 Å². The predicted octanol–water partition coefficient (Wildman–Crippen LogP) is 4.21. The van der Waals surface area contributed by atoms with E-state index in [9.17, 15) is 21.6 Å². The topological polar surface area (TPSA) is 46.2 Å². The molecule has 0 saturated heterocycles. The number of anilines is 1. The van der Waals surface area contributed by atoms with Crippen LogP contribution in [0, 0.1) is 0 Å². The first-order chi connectivity index (χ1) is 9.73. The van der Waals surface area contributed by atoms with Crippen molar-refractivity contribution in [1.82, 2.24) is 0 Å². The van der Waals surface area contributed by atoms with Crippen LogP contribution in [-0.2, 0) is 9.84 Å². The highest BCUT2D eigenvalue weighted by molar-refractivity contribution is 7.92. The van der Waals surface area contributed by atoms with E-state index in [2.05, 4.69) is 5.32 Å². The summed E-state index contributed by atoms with van der Waals surface area (Å²) in [6.07, 6.45) is 0. The van der Waals surface area contributed by atoms with Crippen molar-refractivity contribution in [3.63, 3.8) is 0 Å². The summed E-state index contributed by atoms with van der Waals surface area (Å²) in [7, 11) is -5.38. The van der Waals surface area contributed by atoms with E-state index in [-0.39, 0.29) is 11.7 Å². The van der Waals surface area contributed by atoms with Crippen molar-refractivity contribution < 1.29 is 21.6 Å². The zero-order valence-electron chi connectivity index (χ0n) is 10.9. The summed E-state index contributed by atoms with van der Waals surface area (Å²) in [5.74, 6) is 0. The summed E-state index contributed by atoms with van der Waals surface area (Å²) >= 11 is 1.43. The normalized spacial score (nSPS) is 13.9. The third-order valence-corrected chi connectivity index (χ3v) is 5.42. The van der Waals surface area contributed by atoms with Crippen molar-refractivity contribution in [1.29, 1.82) is 0 Å². The van der Waals surface area contributed by atoms with Crippen molar-refractivity contribution in [2.75, 3.05) is 5.32 Å². The van der Waals surface area contributed by atoms with Gasteiger partial charge in [0.15, 0.2) is 0 Å². The van der Waals surface area contributed by atoms with Crippen molar-refractivity contribution in [3.8, 4) is 0 Å². The Morgan fingerprint density at radius 3 is 2.38 bits per heavy atom. The smallest absolute Gasteiger partial charge is 0.377 e. The molecule has 8 heteroatoms. The van der Waals surface area contributed by atoms with Crippen molar-refractivity contribution in [2.45, 2.75) is 23.4 Å². The number of para-hydroxylation sites is 1. The minimum Gasteiger partial charge on any atom is -0.377 e. The monoisotopic (exact) mass is 335 g/mol. The molecule has 0 aliphatic carbocycles. The third-order valence-electron chi connectivity index (χ3n) is 2.82. The molecule has 3 nitrogen and oxygen atoms in total. The molecule has 0 spiro atoms. The maximum atomic E-state index is 12.7. The van der Waals surface area contributed by atoms with E-state index in [1.807, 2.05) is 17.5 Å². The molecule has 0 aliphatic heterocycles. The molecule has 1 N–H and O–H groups in total. The standard InChI is InChI=1S/C13H12F3NO2S2/c1-9(11-6-4-8-20-11)17-10-5-2-3-7-12(10)21(18,19)13(14,15)16/h2-9,17H,1H3. The van der Waals surface area contributed by atoms with Crippen LogP contribution in [0.1, 0.15) is 17.8 Å². The van der Waals surface area contributed by atoms with E-state index in [1.54, 1.807) is 6.92 Å². The molecule has 114 valence electrons. The molecular formula is C13H12F3NO2S2. The van der Waals surface area contributed by atoms with Crippen LogP contribution >= 0.6 is 11.3 Å². The Labute approximate surface area is 124 Å². The number of nitrogens with one attached hydrogen (secondary N) is 1. The van der Waals surface area contributed by atoms with Crippen LogP contribution in [0.2, 0.25) is 0 Å². The second-order valence-electron chi connectivity index (χ2n) is 4.33. The van der Waals surface area contributed by atoms with Gasteiger partial charge in [-0.3, -0.25) is 0 Å². The number of sulfone groups is 1. The van der Waals surface area contributed by atoms with Crippen LogP contribution in [0.5, 0.6) is 0 Å². The van der Waals surface area contributed by atoms with E-state index in [1.165, 1.54) is 29.5 Å². The van der Waals surface area contributed by atoms with Gasteiger partial charge in [-0.2, -0.15) is 13.2 Å². The minimum absolute atomic E-state index is 0.0595. The summed E-state index contributed by atoms with van der Waals surface area (Å²) in [5, 5.41) is 4.66. The Morgan fingerprint density at radius 1 is 1.14 bits per heavy atom. The van der Waals surface area contributed by atoms with Gasteiger partial charge in [0, 0.05) is 4.88 Å². The predicted molar refractivity (Wildman–Crippen MR) is 76.0 cm³/mol. The molecule has 1 atom stereocenters. The lowest BCUT2D eigenvalue weighted by molar-refractivity contribution is -0.0435. The van der Waals surface area contributed by atoms with Crippen LogP contribution in [0.15, 0.2) is 46.7 Å². The lowest BCUT2D eigenvalue weighted by Crippen LogP contribution is -2.24. The lowest BCUT2D eigenvalue weighted by atomic mass is 10.2. The number of rotatable bonds is 4. The minimum atomic E-state index is -5.38. The third kappa shape index (κ3) is 3.21. The Bertz CT molecular complexity index is 709. The van der Waals surface area contributed by atoms with E-state index < -0.39 is 20.2 Å². The highest BCUT2D eigenvalue weighted by Gasteiger charge is 2.47. The van der Waals surface area contributed by atoms with Crippen LogP contribution in [0.3, 0.4) is 0 Å². The molecule has 1 aromatic carbocycles. The maximum Gasteiger partial charge on any atom is 0.501 e. The highest BCUT2D eigenvalue weighted by atomic mass is 32.2. The molecule has 0 aliphatic rings. The second-order valence-corrected chi connectivity index (χ2v) is 7.22. The number of halogens is 3. The molecule has 2 aromatic rings. The van der Waals surface area contributed by atoms with Crippen LogP contribution in [-0.4, -0.2) is 13.9 Å². The van der Waals surface area contributed by atoms with Crippen molar-refractivity contribution in [3.05, 3.63) is 46.7 Å². The molecule has 0 fully saturated rings. The first-order valence-corrected chi connectivity index (χ1v) is 8.30. The zero-order chi connectivity index (χ0) is 15.7. The number of hydrogen-bond acceptors (Lipinski definition) is 4. The number of benzene rings is 1. The zero-order valence-corrected chi connectivity index (χ0v) is 12.5. The molecular weight excluding hydrogens is 323 g/mol. The molecule has 1 aromatic heterocycles. The quantitative estimate of drug-likeness (QED) is 0.910. The summed E-state index contributed by atoms with van der Waals surface area (Å²) in [6, 6.07) is 8.36. The van der Waals surface area contributed by atoms with Gasteiger partial charge in [-0.15, -0.1) is 11.3 Å². The van der Waals surface area contributed by atoms with E-state index in [0.29, 0.717) is 0 Å². The fraction of sp³-hybridized carbons (Fsp3) is 0.231. The Balaban J connectivity index is 2.39. The Hall–Kier alpha value is -1.54. The van der Waals surface area contributed by atoms with E-state index >= 15 is 0 Å². The maximum absolute atomic E-state index is 12.7. The molecule has 21 heavy (non-hydrogen) atoms. The highest BCUT2D eigenvalue weighted by Crippen LogP contribution is 2.35. The van der Waals surface area contributed by atoms with Crippen LogP contribution < -0.4 is 5.32 Å². The molecule has 1 unspecified atom stereocenters. The first-order valence-electron chi connectivity index (χ1n) is 5.94. The van der Waals surface area contributed by atoms with Gasteiger partial charge in [0.1, 0.15) is 0 Å². The van der Waals surface area contributed by atoms with Crippen LogP contribution in [0.4, 0.5) is 18.9 Å². The average molecular weight is 335 g/mol. The van der Waals surface area contributed by atoms with E-state index in [4.69, 9.17) is 0 Å². The number of thiophene rings is 1. The van der Waals surface area contributed by atoms with Gasteiger partial charge in [0.2, 0.25) is 0 Å². The number of alkyl halides is 3. The molecule has 0 saturated carbocycles. The summed E-state index contributed by atoms with van der Waals surface area (Å²) in [6.45, 7) is 1.75. The first kappa shape index (κ1) is 15.8. The van der Waals surface area contributed by atoms with Gasteiger partial charge < -0.3 is 5.32 Å². The van der Waals surface area contributed by atoms with Gasteiger partial charge in [-0.1, -0.05) is 18.2 Å². The molecule has 0 radical (unpaired) electrons. The van der Waals surface area contributed by atoms with Gasteiger partial charge in [0.05, 0.1) is 16.6 Å². The van der Waals surface area contributed by atoms with Gasteiger partial charge in [0.25, 0.3) is 9.84 Å². The summed E-state index contributed by atoms with van der Waals surface area (Å²) < 4.78 is 61.2. The molecule has 1 heterocycles. The van der Waals surface area contributed by atoms with Gasteiger partial charge in [-0.05, 0) is 30.5 Å². The fourth-order valence-corrected chi connectivity index (χ4v) is 3.44. The average Bonchev–Trinajstić information content (AvgIpc) is 2.91. The fourth-order valence-electron chi connectivity index (χ4n) is 1.79. The van der Waals surface area contributed by atoms with Crippen molar-refractivity contribution in [2.24, 2.45) is 0 Å². The lowest BCUT2D eigenvalue weighted by Gasteiger charge is -2.18. The number of hydrogen-bond donors (Lipinski definition) is 1. The van der Waals surface area contributed by atoms with Crippen LogP contribution in [0.25, 0.3) is 0 Å². The molecule has 0 bridgehead atoms. The van der Waals surface area contributed by atoms with Crippen molar-refractivity contribution >= 4 is 26.9 Å². The summed E-state index contributed by atoms with van der Waals surface area (Å²) in [4.78, 5) is 0.134. The largest absolute Gasteiger partial charge is 0.501 e. The Kier molecular flexibility index (Phi) is 4.29. The summed E-state index contributed by atoms with van der Waals surface area (Å²) in [5.41, 5.74) is -5.38. The molecule has 0 amide bonds. The molecule has 2 rings (SSSR count). The second kappa shape index (κ2) is 5.69. The van der Waals surface area contributed by atoms with Gasteiger partial charge >= 0.3 is 5.51 Å². The Morgan fingerprint density at radius 2 is 1.81 bits per heavy atom. The SMILES string of the molecule is CC(Nc1ccccc1S(=O)(=O)C(F)(F)F)c1cccs1. The van der Waals surface area contributed by atoms with E-state index in [0.717, 1.165) is 10.9 Å².